The Morgan fingerprint density at radius 1 is 1.25 bits per heavy atom. The highest BCUT2D eigenvalue weighted by atomic mass is 16.1. The second-order valence-corrected chi connectivity index (χ2v) is 7.52. The van der Waals surface area contributed by atoms with Gasteiger partial charge in [0.15, 0.2) is 0 Å². The molecule has 0 spiro atoms. The van der Waals surface area contributed by atoms with Gasteiger partial charge in [0.2, 0.25) is 6.41 Å². The van der Waals surface area contributed by atoms with E-state index in [0.29, 0.717) is 12.0 Å². The molecule has 2 heterocycles. The first-order valence-electron chi connectivity index (χ1n) is 9.65. The van der Waals surface area contributed by atoms with Crippen molar-refractivity contribution < 1.29 is 4.79 Å². The monoisotopic (exact) mass is 329 g/mol. The third-order valence-corrected chi connectivity index (χ3v) is 5.77. The maximum Gasteiger partial charge on any atom is 0.209 e. The first-order chi connectivity index (χ1) is 11.8. The number of hydrogen-bond acceptors (Lipinski definition) is 3. The number of carbonyl (C=O) groups excluding carboxylic acids is 1. The number of amides is 1. The number of aromatic nitrogens is 1. The molecule has 1 aromatic heterocycles. The van der Waals surface area contributed by atoms with E-state index < -0.39 is 0 Å². The Morgan fingerprint density at radius 3 is 2.83 bits per heavy atom. The molecule has 1 unspecified atom stereocenters. The summed E-state index contributed by atoms with van der Waals surface area (Å²) >= 11 is 0. The van der Waals surface area contributed by atoms with Crippen LogP contribution in [0.4, 0.5) is 5.82 Å². The van der Waals surface area contributed by atoms with Crippen LogP contribution < -0.4 is 4.90 Å². The Kier molecular flexibility index (Phi) is 6.11. The Labute approximate surface area is 146 Å². The molecule has 1 aliphatic heterocycles. The minimum Gasteiger partial charge on any atom is -0.356 e. The summed E-state index contributed by atoms with van der Waals surface area (Å²) in [7, 11) is 0. The van der Waals surface area contributed by atoms with E-state index in [9.17, 15) is 4.79 Å². The maximum absolute atomic E-state index is 11.5. The van der Waals surface area contributed by atoms with Crippen LogP contribution in [-0.4, -0.2) is 42.0 Å². The molecule has 0 bridgehead atoms. The van der Waals surface area contributed by atoms with Crippen molar-refractivity contribution in [3.8, 4) is 0 Å². The summed E-state index contributed by atoms with van der Waals surface area (Å²) in [5.74, 6) is 1.81. The van der Waals surface area contributed by atoms with Crippen molar-refractivity contribution in [2.45, 2.75) is 64.3 Å². The van der Waals surface area contributed by atoms with Gasteiger partial charge in [0.1, 0.15) is 5.82 Å². The first-order valence-corrected chi connectivity index (χ1v) is 9.65. The summed E-state index contributed by atoms with van der Waals surface area (Å²) in [5, 5.41) is 0. The molecule has 1 saturated carbocycles. The molecule has 4 nitrogen and oxygen atoms in total. The smallest absolute Gasteiger partial charge is 0.209 e. The SMILES string of the molecule is Cc1cccnc1N1CCCC(CCN(C=O)C2CCCCC2)C1. The van der Waals surface area contributed by atoms with E-state index in [0.717, 1.165) is 38.3 Å². The molecule has 0 radical (unpaired) electrons. The summed E-state index contributed by atoms with van der Waals surface area (Å²) < 4.78 is 0. The van der Waals surface area contributed by atoms with Crippen LogP contribution in [0, 0.1) is 12.8 Å². The molecule has 1 atom stereocenters. The van der Waals surface area contributed by atoms with E-state index in [2.05, 4.69) is 27.8 Å². The zero-order valence-electron chi connectivity index (χ0n) is 15.0. The van der Waals surface area contributed by atoms with Crippen LogP contribution in [0.3, 0.4) is 0 Å². The number of pyridine rings is 1. The van der Waals surface area contributed by atoms with E-state index in [-0.39, 0.29) is 0 Å². The lowest BCUT2D eigenvalue weighted by Crippen LogP contribution is -2.40. The third kappa shape index (κ3) is 4.28. The molecule has 0 aromatic carbocycles. The van der Waals surface area contributed by atoms with E-state index in [1.54, 1.807) is 0 Å². The van der Waals surface area contributed by atoms with Gasteiger partial charge in [0.05, 0.1) is 0 Å². The molecule has 3 rings (SSSR count). The molecular formula is C20H31N3O. The Hall–Kier alpha value is -1.58. The summed E-state index contributed by atoms with van der Waals surface area (Å²) in [5.41, 5.74) is 1.26. The molecule has 1 saturated heterocycles. The van der Waals surface area contributed by atoms with Gasteiger partial charge in [0, 0.05) is 31.9 Å². The zero-order valence-corrected chi connectivity index (χ0v) is 15.0. The topological polar surface area (TPSA) is 36.4 Å². The minimum atomic E-state index is 0.494. The number of aryl methyl sites for hydroxylation is 1. The summed E-state index contributed by atoms with van der Waals surface area (Å²) in [6, 6.07) is 4.64. The molecule has 4 heteroatoms. The van der Waals surface area contributed by atoms with Gasteiger partial charge in [-0.25, -0.2) is 4.98 Å². The lowest BCUT2D eigenvalue weighted by Gasteiger charge is -2.36. The Balaban J connectivity index is 1.53. The third-order valence-electron chi connectivity index (χ3n) is 5.77. The highest BCUT2D eigenvalue weighted by molar-refractivity contribution is 5.48. The fraction of sp³-hybridized carbons (Fsp3) is 0.700. The maximum atomic E-state index is 11.5. The molecule has 1 aliphatic carbocycles. The largest absolute Gasteiger partial charge is 0.356 e. The van der Waals surface area contributed by atoms with E-state index in [4.69, 9.17) is 0 Å². The highest BCUT2D eigenvalue weighted by Crippen LogP contribution is 2.27. The van der Waals surface area contributed by atoms with Crippen molar-refractivity contribution in [1.82, 2.24) is 9.88 Å². The predicted molar refractivity (Wildman–Crippen MR) is 98.2 cm³/mol. The fourth-order valence-electron chi connectivity index (χ4n) is 4.37. The van der Waals surface area contributed by atoms with E-state index in [1.165, 1.54) is 50.5 Å². The minimum absolute atomic E-state index is 0.494. The highest BCUT2D eigenvalue weighted by Gasteiger charge is 2.24. The van der Waals surface area contributed by atoms with E-state index in [1.807, 2.05) is 12.3 Å². The lowest BCUT2D eigenvalue weighted by molar-refractivity contribution is -0.121. The quantitative estimate of drug-likeness (QED) is 0.745. The number of carbonyl (C=O) groups is 1. The number of rotatable bonds is 6. The fourth-order valence-corrected chi connectivity index (χ4v) is 4.37. The van der Waals surface area contributed by atoms with Gasteiger partial charge in [-0.15, -0.1) is 0 Å². The summed E-state index contributed by atoms with van der Waals surface area (Å²) in [6.45, 7) is 5.25. The lowest BCUT2D eigenvalue weighted by atomic mass is 9.92. The van der Waals surface area contributed by atoms with Gasteiger partial charge in [-0.1, -0.05) is 25.3 Å². The van der Waals surface area contributed by atoms with Gasteiger partial charge in [-0.3, -0.25) is 4.79 Å². The average molecular weight is 329 g/mol. The van der Waals surface area contributed by atoms with Crippen LogP contribution in [0.2, 0.25) is 0 Å². The van der Waals surface area contributed by atoms with Crippen molar-refractivity contribution in [2.24, 2.45) is 5.92 Å². The Morgan fingerprint density at radius 2 is 2.08 bits per heavy atom. The second-order valence-electron chi connectivity index (χ2n) is 7.52. The Bertz CT molecular complexity index is 527. The van der Waals surface area contributed by atoms with Gasteiger partial charge in [-0.05, 0) is 56.6 Å². The van der Waals surface area contributed by atoms with Crippen molar-refractivity contribution in [1.29, 1.82) is 0 Å². The number of hydrogen-bond donors (Lipinski definition) is 0. The second kappa shape index (κ2) is 8.50. The number of nitrogens with zero attached hydrogens (tertiary/aromatic N) is 3. The molecular weight excluding hydrogens is 298 g/mol. The standard InChI is InChI=1S/C20H31N3O/c1-17-7-5-12-21-20(17)22-13-6-8-18(15-22)11-14-23(16-24)19-9-3-2-4-10-19/h5,7,12,16,18-19H,2-4,6,8-11,13-15H2,1H3. The van der Waals surface area contributed by atoms with Gasteiger partial charge in [0.25, 0.3) is 0 Å². The van der Waals surface area contributed by atoms with Crippen LogP contribution >= 0.6 is 0 Å². The van der Waals surface area contributed by atoms with Crippen molar-refractivity contribution in [2.75, 3.05) is 24.5 Å². The summed E-state index contributed by atoms with van der Waals surface area (Å²) in [6.07, 6.45) is 12.9. The van der Waals surface area contributed by atoms with Gasteiger partial charge < -0.3 is 9.80 Å². The first kappa shape index (κ1) is 17.2. The molecule has 132 valence electrons. The van der Waals surface area contributed by atoms with Crippen molar-refractivity contribution in [3.05, 3.63) is 23.9 Å². The average Bonchev–Trinajstić information content (AvgIpc) is 2.64. The zero-order chi connectivity index (χ0) is 16.8. The number of piperidine rings is 1. The molecule has 0 N–H and O–H groups in total. The number of anilines is 1. The van der Waals surface area contributed by atoms with Crippen LogP contribution in [0.25, 0.3) is 0 Å². The van der Waals surface area contributed by atoms with Crippen LogP contribution in [0.15, 0.2) is 18.3 Å². The molecule has 1 amide bonds. The molecule has 24 heavy (non-hydrogen) atoms. The van der Waals surface area contributed by atoms with Crippen LogP contribution in [0.5, 0.6) is 0 Å². The van der Waals surface area contributed by atoms with Gasteiger partial charge in [-0.2, -0.15) is 0 Å². The molecule has 1 aromatic rings. The van der Waals surface area contributed by atoms with Crippen LogP contribution in [-0.2, 0) is 4.79 Å². The normalized spacial score (nSPS) is 22.4. The summed E-state index contributed by atoms with van der Waals surface area (Å²) in [4.78, 5) is 20.6. The molecule has 2 fully saturated rings. The van der Waals surface area contributed by atoms with Crippen molar-refractivity contribution >= 4 is 12.2 Å². The van der Waals surface area contributed by atoms with Crippen molar-refractivity contribution in [3.63, 3.8) is 0 Å². The van der Waals surface area contributed by atoms with Crippen LogP contribution in [0.1, 0.15) is 56.9 Å². The van der Waals surface area contributed by atoms with Gasteiger partial charge >= 0.3 is 0 Å². The van der Waals surface area contributed by atoms with E-state index >= 15 is 0 Å². The molecule has 2 aliphatic rings. The predicted octanol–water partition coefficient (Wildman–Crippen LogP) is 3.79.